The van der Waals surface area contributed by atoms with Crippen LogP contribution in [0.15, 0.2) is 6.33 Å². The Kier molecular flexibility index (Phi) is 3.89. The standard InChI is InChI=1S/C12H19FN4/c1-2-9-11(13)12(16-7-15-9)17-10-5-3-4-8(10)6-14/h7-8,10H,2-6,14H2,1H3,(H,15,16,17). The second-order valence-electron chi connectivity index (χ2n) is 4.51. The van der Waals surface area contributed by atoms with Crippen LogP contribution in [-0.2, 0) is 6.42 Å². The van der Waals surface area contributed by atoms with Gasteiger partial charge in [-0.2, -0.15) is 0 Å². The molecule has 0 radical (unpaired) electrons. The Balaban J connectivity index is 2.13. The van der Waals surface area contributed by atoms with Crippen molar-refractivity contribution in [1.82, 2.24) is 9.97 Å². The van der Waals surface area contributed by atoms with Gasteiger partial charge in [-0.1, -0.05) is 13.3 Å². The lowest BCUT2D eigenvalue weighted by Crippen LogP contribution is -2.30. The maximum Gasteiger partial charge on any atom is 0.186 e. The predicted octanol–water partition coefficient (Wildman–Crippen LogP) is 1.72. The Hall–Kier alpha value is -1.23. The van der Waals surface area contributed by atoms with E-state index in [1.54, 1.807) is 0 Å². The van der Waals surface area contributed by atoms with Gasteiger partial charge in [-0.25, -0.2) is 14.4 Å². The van der Waals surface area contributed by atoms with Crippen LogP contribution < -0.4 is 11.1 Å². The van der Waals surface area contributed by atoms with E-state index in [0.29, 0.717) is 30.4 Å². The van der Waals surface area contributed by atoms with E-state index in [4.69, 9.17) is 5.73 Å². The maximum atomic E-state index is 13.9. The number of aryl methyl sites for hydroxylation is 1. The number of anilines is 1. The maximum absolute atomic E-state index is 13.9. The highest BCUT2D eigenvalue weighted by Crippen LogP contribution is 2.28. The fraction of sp³-hybridized carbons (Fsp3) is 0.667. The molecule has 0 spiro atoms. The van der Waals surface area contributed by atoms with Crippen molar-refractivity contribution in [2.75, 3.05) is 11.9 Å². The molecule has 1 aliphatic carbocycles. The van der Waals surface area contributed by atoms with Crippen LogP contribution in [0.3, 0.4) is 0 Å². The van der Waals surface area contributed by atoms with Crippen LogP contribution in [0.4, 0.5) is 10.2 Å². The van der Waals surface area contributed by atoms with E-state index in [2.05, 4.69) is 15.3 Å². The molecule has 3 N–H and O–H groups in total. The molecule has 17 heavy (non-hydrogen) atoms. The van der Waals surface area contributed by atoms with Crippen molar-refractivity contribution in [2.24, 2.45) is 11.7 Å². The average Bonchev–Trinajstić information content (AvgIpc) is 2.79. The second kappa shape index (κ2) is 5.40. The summed E-state index contributed by atoms with van der Waals surface area (Å²) in [7, 11) is 0. The molecule has 0 aliphatic heterocycles. The SMILES string of the molecule is CCc1ncnc(NC2CCCC2CN)c1F. The van der Waals surface area contributed by atoms with E-state index in [1.165, 1.54) is 6.33 Å². The molecule has 1 fully saturated rings. The molecule has 2 unspecified atom stereocenters. The van der Waals surface area contributed by atoms with Crippen LogP contribution in [0.1, 0.15) is 31.9 Å². The molecule has 5 heteroatoms. The molecule has 4 nitrogen and oxygen atoms in total. The van der Waals surface area contributed by atoms with Crippen molar-refractivity contribution in [3.05, 3.63) is 17.8 Å². The summed E-state index contributed by atoms with van der Waals surface area (Å²) in [5.41, 5.74) is 6.17. The molecule has 1 saturated carbocycles. The first-order valence-corrected chi connectivity index (χ1v) is 6.22. The lowest BCUT2D eigenvalue weighted by atomic mass is 10.0. The second-order valence-corrected chi connectivity index (χ2v) is 4.51. The van der Waals surface area contributed by atoms with Gasteiger partial charge in [0.25, 0.3) is 0 Å². The fourth-order valence-corrected chi connectivity index (χ4v) is 2.44. The molecule has 1 aromatic rings. The Morgan fingerprint density at radius 1 is 1.47 bits per heavy atom. The summed E-state index contributed by atoms with van der Waals surface area (Å²) in [5, 5.41) is 3.18. The van der Waals surface area contributed by atoms with Crippen molar-refractivity contribution >= 4 is 5.82 Å². The summed E-state index contributed by atoms with van der Waals surface area (Å²) < 4.78 is 13.9. The van der Waals surface area contributed by atoms with E-state index in [1.807, 2.05) is 6.92 Å². The normalized spacial score (nSPS) is 23.9. The van der Waals surface area contributed by atoms with Crippen molar-refractivity contribution in [3.63, 3.8) is 0 Å². The number of hydrogen-bond acceptors (Lipinski definition) is 4. The van der Waals surface area contributed by atoms with Crippen LogP contribution in [0, 0.1) is 11.7 Å². The van der Waals surface area contributed by atoms with Gasteiger partial charge in [0.15, 0.2) is 11.6 Å². The molecule has 0 amide bonds. The van der Waals surface area contributed by atoms with Crippen molar-refractivity contribution < 1.29 is 4.39 Å². The highest BCUT2D eigenvalue weighted by molar-refractivity contribution is 5.38. The Bertz CT molecular complexity index is 383. The van der Waals surface area contributed by atoms with E-state index in [9.17, 15) is 4.39 Å². The van der Waals surface area contributed by atoms with Gasteiger partial charge in [-0.05, 0) is 31.7 Å². The third-order valence-electron chi connectivity index (χ3n) is 3.48. The zero-order valence-corrected chi connectivity index (χ0v) is 10.1. The van der Waals surface area contributed by atoms with Gasteiger partial charge in [-0.3, -0.25) is 0 Å². The Labute approximate surface area is 101 Å². The minimum atomic E-state index is -0.322. The van der Waals surface area contributed by atoms with Crippen molar-refractivity contribution in [3.8, 4) is 0 Å². The fourth-order valence-electron chi connectivity index (χ4n) is 2.44. The lowest BCUT2D eigenvalue weighted by Gasteiger charge is -2.20. The molecular weight excluding hydrogens is 219 g/mol. The summed E-state index contributed by atoms with van der Waals surface area (Å²) in [6.45, 7) is 2.53. The first-order chi connectivity index (χ1) is 8.26. The van der Waals surface area contributed by atoms with Crippen LogP contribution in [0.2, 0.25) is 0 Å². The molecule has 1 aliphatic rings. The number of rotatable bonds is 4. The van der Waals surface area contributed by atoms with Crippen LogP contribution in [0.5, 0.6) is 0 Å². The Morgan fingerprint density at radius 2 is 2.29 bits per heavy atom. The van der Waals surface area contributed by atoms with E-state index in [-0.39, 0.29) is 11.9 Å². The minimum Gasteiger partial charge on any atom is -0.364 e. The van der Waals surface area contributed by atoms with Gasteiger partial charge in [0, 0.05) is 6.04 Å². The monoisotopic (exact) mass is 238 g/mol. The van der Waals surface area contributed by atoms with Gasteiger partial charge in [0.2, 0.25) is 0 Å². The van der Waals surface area contributed by atoms with Gasteiger partial charge in [0.1, 0.15) is 6.33 Å². The lowest BCUT2D eigenvalue weighted by molar-refractivity contribution is 0.509. The van der Waals surface area contributed by atoms with Crippen LogP contribution >= 0.6 is 0 Å². The number of aromatic nitrogens is 2. The molecule has 2 rings (SSSR count). The van der Waals surface area contributed by atoms with Crippen LogP contribution in [-0.4, -0.2) is 22.6 Å². The van der Waals surface area contributed by atoms with Crippen molar-refractivity contribution in [1.29, 1.82) is 0 Å². The summed E-state index contributed by atoms with van der Waals surface area (Å²) in [6, 6.07) is 0.245. The summed E-state index contributed by atoms with van der Waals surface area (Å²) in [6.07, 6.45) is 5.28. The van der Waals surface area contributed by atoms with Crippen LogP contribution in [0.25, 0.3) is 0 Å². The number of halogens is 1. The number of nitrogens with one attached hydrogen (secondary N) is 1. The number of hydrogen-bond donors (Lipinski definition) is 2. The van der Waals surface area contributed by atoms with Gasteiger partial charge in [0.05, 0.1) is 5.69 Å². The Morgan fingerprint density at radius 3 is 3.00 bits per heavy atom. The van der Waals surface area contributed by atoms with Gasteiger partial charge in [-0.15, -0.1) is 0 Å². The molecule has 0 bridgehead atoms. The van der Waals surface area contributed by atoms with Gasteiger partial charge < -0.3 is 11.1 Å². The molecule has 0 saturated heterocycles. The summed E-state index contributed by atoms with van der Waals surface area (Å²) >= 11 is 0. The zero-order valence-electron chi connectivity index (χ0n) is 10.1. The molecule has 1 heterocycles. The average molecular weight is 238 g/mol. The highest BCUT2D eigenvalue weighted by atomic mass is 19.1. The van der Waals surface area contributed by atoms with E-state index >= 15 is 0 Å². The topological polar surface area (TPSA) is 63.8 Å². The first kappa shape index (κ1) is 12.2. The van der Waals surface area contributed by atoms with Crippen molar-refractivity contribution in [2.45, 2.75) is 38.6 Å². The third kappa shape index (κ3) is 2.54. The number of nitrogens with two attached hydrogens (primary N) is 1. The third-order valence-corrected chi connectivity index (χ3v) is 3.48. The summed E-state index contributed by atoms with van der Waals surface area (Å²) in [5.74, 6) is 0.425. The molecule has 0 aromatic carbocycles. The van der Waals surface area contributed by atoms with Gasteiger partial charge >= 0.3 is 0 Å². The predicted molar refractivity (Wildman–Crippen MR) is 65.2 cm³/mol. The van der Waals surface area contributed by atoms with E-state index in [0.717, 1.165) is 19.3 Å². The number of nitrogens with zero attached hydrogens (tertiary/aromatic N) is 2. The zero-order chi connectivity index (χ0) is 12.3. The quantitative estimate of drug-likeness (QED) is 0.838. The molecule has 94 valence electrons. The van der Waals surface area contributed by atoms with E-state index < -0.39 is 0 Å². The first-order valence-electron chi connectivity index (χ1n) is 6.22. The largest absolute Gasteiger partial charge is 0.364 e. The molecule has 2 atom stereocenters. The molecule has 1 aromatic heterocycles. The smallest absolute Gasteiger partial charge is 0.186 e. The highest BCUT2D eigenvalue weighted by Gasteiger charge is 2.27. The summed E-state index contributed by atoms with van der Waals surface area (Å²) in [4.78, 5) is 7.90. The minimum absolute atomic E-state index is 0.245. The molecular formula is C12H19FN4.